The zero-order chi connectivity index (χ0) is 21.9. The fourth-order valence-electron chi connectivity index (χ4n) is 3.52. The zero-order valence-corrected chi connectivity index (χ0v) is 18.8. The molecule has 2 amide bonds. The van der Waals surface area contributed by atoms with Gasteiger partial charge in [0.25, 0.3) is 0 Å². The molecule has 1 aliphatic rings. The molecule has 1 aromatic rings. The van der Waals surface area contributed by atoms with Crippen LogP contribution in [0.1, 0.15) is 20.8 Å². The number of hydrogen-bond acceptors (Lipinski definition) is 4. The highest BCUT2D eigenvalue weighted by Gasteiger charge is 2.21. The Bertz CT molecular complexity index is 697. The molecule has 0 aromatic heterocycles. The van der Waals surface area contributed by atoms with Crippen LogP contribution >= 0.6 is 0 Å². The summed E-state index contributed by atoms with van der Waals surface area (Å²) in [6, 6.07) is 10.3. The third kappa shape index (κ3) is 6.64. The number of guanidine groups is 1. The Hall–Kier alpha value is -2.77. The van der Waals surface area contributed by atoms with Gasteiger partial charge in [0.15, 0.2) is 5.96 Å². The van der Waals surface area contributed by atoms with Gasteiger partial charge in [-0.15, -0.1) is 0 Å². The normalized spacial score (nSPS) is 14.5. The molecule has 30 heavy (non-hydrogen) atoms. The number of anilines is 1. The molecule has 8 nitrogen and oxygen atoms in total. The lowest BCUT2D eigenvalue weighted by molar-refractivity contribution is -0.131. The average molecular weight is 417 g/mol. The lowest BCUT2D eigenvalue weighted by Gasteiger charge is -2.36. The van der Waals surface area contributed by atoms with Crippen molar-refractivity contribution in [3.63, 3.8) is 0 Å². The summed E-state index contributed by atoms with van der Waals surface area (Å²) in [5, 5.41) is 3.18. The highest BCUT2D eigenvalue weighted by Crippen LogP contribution is 2.15. The van der Waals surface area contributed by atoms with Crippen molar-refractivity contribution in [3.05, 3.63) is 30.3 Å². The smallest absolute Gasteiger partial charge is 0.244 e. The van der Waals surface area contributed by atoms with Crippen molar-refractivity contribution in [2.24, 2.45) is 4.99 Å². The molecule has 0 saturated carbocycles. The predicted molar refractivity (Wildman–Crippen MR) is 122 cm³/mol. The van der Waals surface area contributed by atoms with Crippen LogP contribution in [0.3, 0.4) is 0 Å². The molecule has 1 aromatic carbocycles. The summed E-state index contributed by atoms with van der Waals surface area (Å²) in [6.45, 7) is 11.3. The first-order valence-corrected chi connectivity index (χ1v) is 10.8. The number of rotatable bonds is 8. The first-order chi connectivity index (χ1) is 14.5. The van der Waals surface area contributed by atoms with E-state index in [1.807, 2.05) is 50.9 Å². The van der Waals surface area contributed by atoms with Crippen LogP contribution in [0.5, 0.6) is 0 Å². The Kier molecular flexibility index (Phi) is 9.44. The van der Waals surface area contributed by atoms with Crippen molar-refractivity contribution >= 4 is 23.5 Å². The number of nitrogens with one attached hydrogen (secondary N) is 1. The fourth-order valence-corrected chi connectivity index (χ4v) is 3.52. The second-order valence-electron chi connectivity index (χ2n) is 7.30. The minimum atomic E-state index is 0.0154. The summed E-state index contributed by atoms with van der Waals surface area (Å²) < 4.78 is 0. The molecule has 1 N–H and O–H groups in total. The molecule has 0 atom stereocenters. The Morgan fingerprint density at radius 3 is 2.23 bits per heavy atom. The van der Waals surface area contributed by atoms with Crippen molar-refractivity contribution in [1.82, 2.24) is 20.0 Å². The van der Waals surface area contributed by atoms with Crippen molar-refractivity contribution in [1.29, 1.82) is 0 Å². The van der Waals surface area contributed by atoms with E-state index in [0.29, 0.717) is 38.7 Å². The summed E-state index contributed by atoms with van der Waals surface area (Å²) in [7, 11) is 1.83. The molecule has 1 saturated heterocycles. The van der Waals surface area contributed by atoms with Crippen LogP contribution in [0.2, 0.25) is 0 Å². The van der Waals surface area contributed by atoms with Gasteiger partial charge in [0.05, 0.1) is 6.54 Å². The van der Waals surface area contributed by atoms with Crippen LogP contribution in [-0.2, 0) is 9.59 Å². The number of para-hydroxylation sites is 1. The second-order valence-corrected chi connectivity index (χ2v) is 7.30. The molecule has 0 radical (unpaired) electrons. The first kappa shape index (κ1) is 23.5. The zero-order valence-electron chi connectivity index (χ0n) is 18.8. The molecule has 0 unspecified atom stereocenters. The molecular formula is C22H36N6O2. The second kappa shape index (κ2) is 12.0. The summed E-state index contributed by atoms with van der Waals surface area (Å²) >= 11 is 0. The van der Waals surface area contributed by atoms with Crippen molar-refractivity contribution in [3.8, 4) is 0 Å². The van der Waals surface area contributed by atoms with E-state index in [1.54, 1.807) is 9.80 Å². The number of benzene rings is 1. The number of carbonyl (C=O) groups is 2. The molecule has 1 fully saturated rings. The average Bonchev–Trinajstić information content (AvgIpc) is 2.77. The van der Waals surface area contributed by atoms with E-state index in [2.05, 4.69) is 27.3 Å². The van der Waals surface area contributed by atoms with E-state index in [9.17, 15) is 9.59 Å². The predicted octanol–water partition coefficient (Wildman–Crippen LogP) is 1.10. The largest absolute Gasteiger partial charge is 0.368 e. The van der Waals surface area contributed by atoms with Crippen LogP contribution in [0.4, 0.5) is 5.69 Å². The maximum Gasteiger partial charge on any atom is 0.244 e. The van der Waals surface area contributed by atoms with Gasteiger partial charge in [-0.1, -0.05) is 18.2 Å². The van der Waals surface area contributed by atoms with Crippen molar-refractivity contribution in [2.75, 3.05) is 70.9 Å². The summed E-state index contributed by atoms with van der Waals surface area (Å²) in [6.07, 6.45) is 0. The molecular weight excluding hydrogens is 380 g/mol. The lowest BCUT2D eigenvalue weighted by atomic mass is 10.2. The monoisotopic (exact) mass is 416 g/mol. The SMILES string of the molecule is CCNC(=NCC(=O)N1CCN(c2ccccc2)CC1)N(C)CC(=O)N(CC)CC. The van der Waals surface area contributed by atoms with Gasteiger partial charge < -0.3 is 24.9 Å². The van der Waals surface area contributed by atoms with Gasteiger partial charge in [-0.3, -0.25) is 9.59 Å². The van der Waals surface area contributed by atoms with Gasteiger partial charge in [-0.25, -0.2) is 4.99 Å². The number of amides is 2. The molecule has 0 aliphatic carbocycles. The number of likely N-dealkylation sites (N-methyl/N-ethyl adjacent to an activating group) is 2. The summed E-state index contributed by atoms with van der Waals surface area (Å²) in [4.78, 5) is 37.3. The quantitative estimate of drug-likeness (QED) is 0.508. The maximum absolute atomic E-state index is 12.7. The Morgan fingerprint density at radius 2 is 1.67 bits per heavy atom. The van der Waals surface area contributed by atoms with Gasteiger partial charge in [-0.2, -0.15) is 0 Å². The van der Waals surface area contributed by atoms with Gasteiger partial charge in [0.2, 0.25) is 11.8 Å². The minimum Gasteiger partial charge on any atom is -0.368 e. The molecule has 0 bridgehead atoms. The van der Waals surface area contributed by atoms with E-state index in [4.69, 9.17) is 0 Å². The van der Waals surface area contributed by atoms with Crippen LogP contribution in [0.25, 0.3) is 0 Å². The van der Waals surface area contributed by atoms with Crippen LogP contribution in [0.15, 0.2) is 35.3 Å². The van der Waals surface area contributed by atoms with E-state index in [-0.39, 0.29) is 24.9 Å². The Labute approximate surface area is 180 Å². The molecule has 1 aliphatic heterocycles. The third-order valence-electron chi connectivity index (χ3n) is 5.30. The summed E-state index contributed by atoms with van der Waals surface area (Å²) in [5.74, 6) is 0.646. The first-order valence-electron chi connectivity index (χ1n) is 10.8. The van der Waals surface area contributed by atoms with E-state index in [1.165, 1.54) is 5.69 Å². The van der Waals surface area contributed by atoms with Crippen molar-refractivity contribution < 1.29 is 9.59 Å². The van der Waals surface area contributed by atoms with Gasteiger partial charge in [-0.05, 0) is 32.9 Å². The Balaban J connectivity index is 1.89. The van der Waals surface area contributed by atoms with E-state index in [0.717, 1.165) is 13.1 Å². The highest BCUT2D eigenvalue weighted by molar-refractivity contribution is 5.88. The summed E-state index contributed by atoms with van der Waals surface area (Å²) in [5.41, 5.74) is 1.19. The number of aliphatic imine (C=N–C) groups is 1. The van der Waals surface area contributed by atoms with Crippen LogP contribution in [0, 0.1) is 0 Å². The lowest BCUT2D eigenvalue weighted by Crippen LogP contribution is -2.50. The van der Waals surface area contributed by atoms with Crippen molar-refractivity contribution in [2.45, 2.75) is 20.8 Å². The van der Waals surface area contributed by atoms with E-state index < -0.39 is 0 Å². The molecule has 8 heteroatoms. The van der Waals surface area contributed by atoms with Gasteiger partial charge in [0, 0.05) is 58.5 Å². The van der Waals surface area contributed by atoms with Gasteiger partial charge >= 0.3 is 0 Å². The minimum absolute atomic E-state index is 0.0154. The Morgan fingerprint density at radius 1 is 1.03 bits per heavy atom. The van der Waals surface area contributed by atoms with E-state index >= 15 is 0 Å². The highest BCUT2D eigenvalue weighted by atomic mass is 16.2. The topological polar surface area (TPSA) is 71.5 Å². The molecule has 0 spiro atoms. The number of hydrogen-bond donors (Lipinski definition) is 1. The standard InChI is InChI=1S/C22H36N6O2/c1-5-23-22(25(4)18-21(30)26(6-2)7-3)24-17-20(29)28-15-13-27(14-16-28)19-11-9-8-10-12-19/h8-12H,5-7,13-18H2,1-4H3,(H,23,24). The number of piperazine rings is 1. The maximum atomic E-state index is 12.7. The van der Waals surface area contributed by atoms with Gasteiger partial charge in [0.1, 0.15) is 6.54 Å². The molecule has 1 heterocycles. The number of carbonyl (C=O) groups excluding carboxylic acids is 2. The molecule has 2 rings (SSSR count). The number of nitrogens with zero attached hydrogens (tertiary/aromatic N) is 5. The van der Waals surface area contributed by atoms with Crippen LogP contribution in [-0.4, -0.2) is 98.4 Å². The fraction of sp³-hybridized carbons (Fsp3) is 0.591. The third-order valence-corrected chi connectivity index (χ3v) is 5.30. The van der Waals surface area contributed by atoms with Crippen LogP contribution < -0.4 is 10.2 Å². The molecule has 166 valence electrons.